The fourth-order valence-electron chi connectivity index (χ4n) is 2.21. The summed E-state index contributed by atoms with van der Waals surface area (Å²) in [6.07, 6.45) is 3.29. The van der Waals surface area contributed by atoms with Gasteiger partial charge in [0.05, 0.1) is 0 Å². The molecule has 15 heavy (non-hydrogen) atoms. The van der Waals surface area contributed by atoms with Crippen molar-refractivity contribution in [3.8, 4) is 0 Å². The summed E-state index contributed by atoms with van der Waals surface area (Å²) >= 11 is 0. The molecule has 0 amide bonds. The highest BCUT2D eigenvalue weighted by molar-refractivity contribution is 5.96. The van der Waals surface area contributed by atoms with Crippen LogP contribution in [0.3, 0.4) is 0 Å². The van der Waals surface area contributed by atoms with Crippen LogP contribution < -0.4 is 4.90 Å². The van der Waals surface area contributed by atoms with Crippen LogP contribution in [0.5, 0.6) is 0 Å². The quantitative estimate of drug-likeness (QED) is 0.743. The maximum absolute atomic E-state index is 7.96. The van der Waals surface area contributed by atoms with Gasteiger partial charge in [0, 0.05) is 18.7 Å². The van der Waals surface area contributed by atoms with Gasteiger partial charge in [0.1, 0.15) is 5.84 Å². The van der Waals surface area contributed by atoms with Crippen LogP contribution in [0.15, 0.2) is 18.2 Å². The minimum atomic E-state index is 0.771. The molecule has 0 bridgehead atoms. The number of amidine groups is 1. The lowest BCUT2D eigenvalue weighted by Gasteiger charge is -2.30. The number of nitrogens with one attached hydrogen (secondary N) is 1. The molecule has 80 valence electrons. The third kappa shape index (κ3) is 2.04. The van der Waals surface area contributed by atoms with E-state index in [1.807, 2.05) is 0 Å². The number of piperidine rings is 1. The molecule has 0 spiro atoms. The lowest BCUT2D eigenvalue weighted by atomic mass is 10.1. The highest BCUT2D eigenvalue weighted by atomic mass is 15.2. The van der Waals surface area contributed by atoms with Gasteiger partial charge in [0.25, 0.3) is 0 Å². The van der Waals surface area contributed by atoms with Crippen LogP contribution in [-0.4, -0.2) is 12.4 Å². The van der Waals surface area contributed by atoms with Crippen molar-refractivity contribution in [2.45, 2.75) is 33.1 Å². The molecule has 1 aliphatic heterocycles. The predicted molar refractivity (Wildman–Crippen MR) is 64.8 cm³/mol. The van der Waals surface area contributed by atoms with Crippen LogP contribution in [-0.2, 0) is 0 Å². The van der Waals surface area contributed by atoms with E-state index in [9.17, 15) is 0 Å². The van der Waals surface area contributed by atoms with Crippen molar-refractivity contribution in [2.75, 3.05) is 11.4 Å². The summed E-state index contributed by atoms with van der Waals surface area (Å²) in [4.78, 5) is 2.15. The second-order valence-electron chi connectivity index (χ2n) is 4.35. The fraction of sp³-hybridized carbons (Fsp3) is 0.462. The molecule has 0 atom stereocenters. The predicted octanol–water partition coefficient (Wildman–Crippen LogP) is 3.27. The van der Waals surface area contributed by atoms with E-state index in [4.69, 9.17) is 5.41 Å². The van der Waals surface area contributed by atoms with E-state index in [1.165, 1.54) is 29.7 Å². The molecule has 1 aliphatic rings. The Kier molecular flexibility index (Phi) is 2.76. The first kappa shape index (κ1) is 10.2. The van der Waals surface area contributed by atoms with E-state index in [0.717, 1.165) is 18.8 Å². The number of hydrogen-bond donors (Lipinski definition) is 1. The zero-order chi connectivity index (χ0) is 10.8. The average molecular weight is 202 g/mol. The molecule has 2 rings (SSSR count). The highest BCUT2D eigenvalue weighted by Gasteiger charge is 2.17. The normalized spacial score (nSPS) is 16.9. The Bertz CT molecular complexity index is 382. The van der Waals surface area contributed by atoms with Crippen molar-refractivity contribution in [1.82, 2.24) is 0 Å². The van der Waals surface area contributed by atoms with Gasteiger partial charge >= 0.3 is 0 Å². The SMILES string of the molecule is Cc1ccc(N2CCCCC2=N)c(C)c1. The van der Waals surface area contributed by atoms with Crippen LogP contribution >= 0.6 is 0 Å². The Labute approximate surface area is 91.4 Å². The first-order chi connectivity index (χ1) is 7.18. The smallest absolute Gasteiger partial charge is 0.100 e. The number of hydrogen-bond acceptors (Lipinski definition) is 1. The third-order valence-corrected chi connectivity index (χ3v) is 3.01. The van der Waals surface area contributed by atoms with Crippen molar-refractivity contribution >= 4 is 11.5 Å². The van der Waals surface area contributed by atoms with Gasteiger partial charge in [0.2, 0.25) is 0 Å². The lowest BCUT2D eigenvalue weighted by Crippen LogP contribution is -2.35. The first-order valence-electron chi connectivity index (χ1n) is 5.61. The summed E-state index contributed by atoms with van der Waals surface area (Å²) in [5.41, 5.74) is 3.78. The van der Waals surface area contributed by atoms with Gasteiger partial charge in [0.15, 0.2) is 0 Å². The van der Waals surface area contributed by atoms with Gasteiger partial charge in [-0.15, -0.1) is 0 Å². The molecule has 1 heterocycles. The Morgan fingerprint density at radius 3 is 2.67 bits per heavy atom. The standard InChI is InChI=1S/C13H18N2/c1-10-6-7-12(11(2)9-10)15-8-4-3-5-13(15)14/h6-7,9,14H,3-5,8H2,1-2H3. The minimum Gasteiger partial charge on any atom is -0.330 e. The molecule has 0 aromatic heterocycles. The number of aryl methyl sites for hydroxylation is 2. The van der Waals surface area contributed by atoms with Crippen molar-refractivity contribution in [3.63, 3.8) is 0 Å². The number of benzene rings is 1. The van der Waals surface area contributed by atoms with Crippen molar-refractivity contribution in [1.29, 1.82) is 5.41 Å². The molecule has 2 heteroatoms. The summed E-state index contributed by atoms with van der Waals surface area (Å²) in [7, 11) is 0. The molecule has 1 fully saturated rings. The highest BCUT2D eigenvalue weighted by Crippen LogP contribution is 2.25. The average Bonchev–Trinajstić information content (AvgIpc) is 2.20. The van der Waals surface area contributed by atoms with Gasteiger partial charge in [-0.3, -0.25) is 5.41 Å². The van der Waals surface area contributed by atoms with Gasteiger partial charge in [-0.1, -0.05) is 17.7 Å². The first-order valence-corrected chi connectivity index (χ1v) is 5.61. The Balaban J connectivity index is 2.31. The Hall–Kier alpha value is -1.31. The zero-order valence-electron chi connectivity index (χ0n) is 9.51. The van der Waals surface area contributed by atoms with Crippen LogP contribution in [0.25, 0.3) is 0 Å². The van der Waals surface area contributed by atoms with Crippen molar-refractivity contribution in [2.24, 2.45) is 0 Å². The third-order valence-electron chi connectivity index (χ3n) is 3.01. The van der Waals surface area contributed by atoms with Crippen LogP contribution in [0.1, 0.15) is 30.4 Å². The van der Waals surface area contributed by atoms with Gasteiger partial charge in [-0.05, 0) is 38.3 Å². The molecule has 0 radical (unpaired) electrons. The molecule has 1 aromatic rings. The van der Waals surface area contributed by atoms with E-state index < -0.39 is 0 Å². The van der Waals surface area contributed by atoms with Crippen LogP contribution in [0.2, 0.25) is 0 Å². The summed E-state index contributed by atoms with van der Waals surface area (Å²) in [6, 6.07) is 6.46. The summed E-state index contributed by atoms with van der Waals surface area (Å²) in [5, 5.41) is 7.96. The monoisotopic (exact) mass is 202 g/mol. The van der Waals surface area contributed by atoms with E-state index in [0.29, 0.717) is 0 Å². The number of nitrogens with zero attached hydrogens (tertiary/aromatic N) is 1. The Morgan fingerprint density at radius 2 is 2.00 bits per heavy atom. The van der Waals surface area contributed by atoms with Crippen molar-refractivity contribution < 1.29 is 0 Å². The maximum Gasteiger partial charge on any atom is 0.100 e. The summed E-state index contributed by atoms with van der Waals surface area (Å²) in [6.45, 7) is 5.24. The molecular weight excluding hydrogens is 184 g/mol. The van der Waals surface area contributed by atoms with E-state index >= 15 is 0 Å². The zero-order valence-corrected chi connectivity index (χ0v) is 9.51. The second kappa shape index (κ2) is 4.05. The summed E-state index contributed by atoms with van der Waals surface area (Å²) in [5.74, 6) is 0.771. The second-order valence-corrected chi connectivity index (χ2v) is 4.35. The molecule has 1 saturated heterocycles. The van der Waals surface area contributed by atoms with Crippen LogP contribution in [0, 0.1) is 19.3 Å². The van der Waals surface area contributed by atoms with E-state index in [1.54, 1.807) is 0 Å². The molecular formula is C13H18N2. The minimum absolute atomic E-state index is 0.771. The Morgan fingerprint density at radius 1 is 1.20 bits per heavy atom. The summed E-state index contributed by atoms with van der Waals surface area (Å²) < 4.78 is 0. The fourth-order valence-corrected chi connectivity index (χ4v) is 2.21. The molecule has 0 unspecified atom stereocenters. The molecule has 1 N–H and O–H groups in total. The van der Waals surface area contributed by atoms with E-state index in [-0.39, 0.29) is 0 Å². The number of rotatable bonds is 1. The topological polar surface area (TPSA) is 27.1 Å². The van der Waals surface area contributed by atoms with Crippen molar-refractivity contribution in [3.05, 3.63) is 29.3 Å². The van der Waals surface area contributed by atoms with E-state index in [2.05, 4.69) is 36.9 Å². The van der Waals surface area contributed by atoms with Crippen LogP contribution in [0.4, 0.5) is 5.69 Å². The number of anilines is 1. The maximum atomic E-state index is 7.96. The van der Waals surface area contributed by atoms with Gasteiger partial charge < -0.3 is 4.90 Å². The molecule has 2 nitrogen and oxygen atoms in total. The molecule has 0 aliphatic carbocycles. The van der Waals surface area contributed by atoms with Gasteiger partial charge in [-0.2, -0.15) is 0 Å². The molecule has 1 aromatic carbocycles. The van der Waals surface area contributed by atoms with Gasteiger partial charge in [-0.25, -0.2) is 0 Å². The molecule has 0 saturated carbocycles. The lowest BCUT2D eigenvalue weighted by molar-refractivity contribution is 0.706. The largest absolute Gasteiger partial charge is 0.330 e.